The smallest absolute Gasteiger partial charge is 0.246 e. The summed E-state index contributed by atoms with van der Waals surface area (Å²) in [6, 6.07) is 12.0. The SMILES string of the molecule is CCCn1cc(S(=O)(=O)N2CCN(c3ccc(Nc4ccc(F)cc4)c(C=N)c3)C3(CC3)C2)cn1. The van der Waals surface area contributed by atoms with E-state index in [1.165, 1.54) is 24.5 Å². The lowest BCUT2D eigenvalue weighted by Crippen LogP contribution is -2.56. The van der Waals surface area contributed by atoms with Crippen molar-refractivity contribution < 1.29 is 12.8 Å². The predicted molar refractivity (Wildman–Crippen MR) is 135 cm³/mol. The molecule has 2 N–H and O–H groups in total. The summed E-state index contributed by atoms with van der Waals surface area (Å²) >= 11 is 0. The second-order valence-corrected chi connectivity index (χ2v) is 11.1. The van der Waals surface area contributed by atoms with Crippen LogP contribution in [-0.2, 0) is 16.6 Å². The Hall–Kier alpha value is -3.24. The van der Waals surface area contributed by atoms with Gasteiger partial charge in [-0.05, 0) is 61.7 Å². The number of nitrogens with zero attached hydrogens (tertiary/aromatic N) is 4. The molecule has 2 heterocycles. The van der Waals surface area contributed by atoms with E-state index in [1.54, 1.807) is 27.3 Å². The fourth-order valence-electron chi connectivity index (χ4n) is 4.74. The Morgan fingerprint density at radius 3 is 2.63 bits per heavy atom. The summed E-state index contributed by atoms with van der Waals surface area (Å²) in [7, 11) is -3.60. The van der Waals surface area contributed by atoms with Crippen molar-refractivity contribution in [1.82, 2.24) is 14.1 Å². The molecule has 0 radical (unpaired) electrons. The topological polar surface area (TPSA) is 94.3 Å². The van der Waals surface area contributed by atoms with E-state index in [0.717, 1.165) is 36.3 Å². The average Bonchev–Trinajstić information content (AvgIpc) is 3.44. The maximum Gasteiger partial charge on any atom is 0.246 e. The monoisotopic (exact) mass is 496 g/mol. The number of sulfonamides is 1. The number of piperazine rings is 1. The van der Waals surface area contributed by atoms with Gasteiger partial charge in [-0.1, -0.05) is 6.92 Å². The molecule has 1 aromatic heterocycles. The van der Waals surface area contributed by atoms with Crippen LogP contribution in [0.3, 0.4) is 0 Å². The van der Waals surface area contributed by atoms with Gasteiger partial charge in [0.1, 0.15) is 10.7 Å². The molecule has 1 aliphatic carbocycles. The highest BCUT2D eigenvalue weighted by molar-refractivity contribution is 7.89. The highest BCUT2D eigenvalue weighted by Gasteiger charge is 2.53. The van der Waals surface area contributed by atoms with Crippen molar-refractivity contribution in [3.8, 4) is 0 Å². The first kappa shape index (κ1) is 23.5. The van der Waals surface area contributed by atoms with Crippen LogP contribution >= 0.6 is 0 Å². The van der Waals surface area contributed by atoms with E-state index in [2.05, 4.69) is 15.3 Å². The van der Waals surface area contributed by atoms with Crippen molar-refractivity contribution in [2.75, 3.05) is 29.9 Å². The van der Waals surface area contributed by atoms with Crippen LogP contribution in [-0.4, -0.2) is 53.9 Å². The number of rotatable bonds is 8. The Labute approximate surface area is 204 Å². The van der Waals surface area contributed by atoms with E-state index in [4.69, 9.17) is 5.41 Å². The first-order valence-electron chi connectivity index (χ1n) is 11.8. The van der Waals surface area contributed by atoms with E-state index in [1.807, 2.05) is 25.1 Å². The first-order chi connectivity index (χ1) is 16.8. The number of hydrogen-bond donors (Lipinski definition) is 2. The van der Waals surface area contributed by atoms with Gasteiger partial charge in [-0.25, -0.2) is 12.8 Å². The fraction of sp³-hybridized carbons (Fsp3) is 0.360. The molecule has 10 heteroatoms. The van der Waals surface area contributed by atoms with Crippen LogP contribution in [0.4, 0.5) is 21.5 Å². The van der Waals surface area contributed by atoms with Crippen LogP contribution in [0, 0.1) is 11.2 Å². The molecule has 0 bridgehead atoms. The molecule has 2 aromatic carbocycles. The Balaban J connectivity index is 1.34. The summed E-state index contributed by atoms with van der Waals surface area (Å²) in [6.45, 7) is 4.11. The number of halogens is 1. The normalized spacial score (nSPS) is 17.5. The molecular weight excluding hydrogens is 467 g/mol. The Bertz CT molecular complexity index is 1330. The van der Waals surface area contributed by atoms with Gasteiger partial charge in [0.15, 0.2) is 0 Å². The zero-order valence-electron chi connectivity index (χ0n) is 19.6. The minimum absolute atomic E-state index is 0.226. The minimum atomic E-state index is -3.60. The Morgan fingerprint density at radius 1 is 1.17 bits per heavy atom. The minimum Gasteiger partial charge on any atom is -0.363 e. The van der Waals surface area contributed by atoms with Crippen LogP contribution < -0.4 is 10.2 Å². The summed E-state index contributed by atoms with van der Waals surface area (Å²) in [5.41, 5.74) is 2.95. The Morgan fingerprint density at radius 2 is 1.94 bits per heavy atom. The highest BCUT2D eigenvalue weighted by atomic mass is 32.2. The largest absolute Gasteiger partial charge is 0.363 e. The number of hydrogen-bond acceptors (Lipinski definition) is 6. The maximum atomic E-state index is 13.3. The van der Waals surface area contributed by atoms with Gasteiger partial charge in [0, 0.05) is 61.2 Å². The molecule has 35 heavy (non-hydrogen) atoms. The summed E-state index contributed by atoms with van der Waals surface area (Å²) in [6.07, 6.45) is 7.09. The van der Waals surface area contributed by atoms with E-state index in [0.29, 0.717) is 31.7 Å². The molecule has 1 aliphatic heterocycles. The second-order valence-electron chi connectivity index (χ2n) is 9.20. The average molecular weight is 497 g/mol. The molecule has 184 valence electrons. The van der Waals surface area contributed by atoms with Crippen LogP contribution in [0.25, 0.3) is 0 Å². The number of benzene rings is 2. The van der Waals surface area contributed by atoms with E-state index in [9.17, 15) is 12.8 Å². The summed E-state index contributed by atoms with van der Waals surface area (Å²) in [4.78, 5) is 2.53. The van der Waals surface area contributed by atoms with Gasteiger partial charge in [0.25, 0.3) is 0 Å². The molecule has 8 nitrogen and oxygen atoms in total. The molecule has 3 aromatic rings. The van der Waals surface area contributed by atoms with E-state index < -0.39 is 10.0 Å². The van der Waals surface area contributed by atoms with Crippen LogP contribution in [0.15, 0.2) is 59.8 Å². The van der Waals surface area contributed by atoms with Gasteiger partial charge < -0.3 is 15.6 Å². The van der Waals surface area contributed by atoms with Crippen molar-refractivity contribution >= 4 is 33.3 Å². The van der Waals surface area contributed by atoms with Gasteiger partial charge in [-0.15, -0.1) is 0 Å². The van der Waals surface area contributed by atoms with Gasteiger partial charge in [0.2, 0.25) is 10.0 Å². The third-order valence-corrected chi connectivity index (χ3v) is 8.57. The number of anilines is 3. The van der Waals surface area contributed by atoms with Crippen molar-refractivity contribution in [3.63, 3.8) is 0 Å². The van der Waals surface area contributed by atoms with E-state index in [-0.39, 0.29) is 16.3 Å². The third-order valence-electron chi connectivity index (χ3n) is 6.77. The standard InChI is InChI=1S/C25H29FN6O2S/c1-2-11-30-17-23(16-28-30)35(33,34)31-12-13-32(25(18-31)9-10-25)22-7-8-24(19(14-22)15-27)29-21-5-3-20(26)4-6-21/h3-8,14-17,27,29H,2,9-13,18H2,1H3. The number of aryl methyl sites for hydroxylation is 1. The van der Waals surface area contributed by atoms with Crippen molar-refractivity contribution in [3.05, 3.63) is 66.2 Å². The second kappa shape index (κ2) is 9.09. The van der Waals surface area contributed by atoms with Crippen molar-refractivity contribution in [1.29, 1.82) is 5.41 Å². The van der Waals surface area contributed by atoms with E-state index >= 15 is 0 Å². The zero-order valence-corrected chi connectivity index (χ0v) is 20.4. The van der Waals surface area contributed by atoms with Crippen molar-refractivity contribution in [2.45, 2.75) is 43.2 Å². The lowest BCUT2D eigenvalue weighted by molar-refractivity contribution is 0.321. The third kappa shape index (κ3) is 4.55. The summed E-state index contributed by atoms with van der Waals surface area (Å²) < 4.78 is 43.1. The molecule has 2 fully saturated rings. The lowest BCUT2D eigenvalue weighted by atomic mass is 10.1. The molecule has 1 saturated carbocycles. The van der Waals surface area contributed by atoms with Crippen LogP contribution in [0.2, 0.25) is 0 Å². The highest BCUT2D eigenvalue weighted by Crippen LogP contribution is 2.47. The van der Waals surface area contributed by atoms with Gasteiger partial charge in [0.05, 0.1) is 11.7 Å². The molecule has 0 unspecified atom stereocenters. The molecular formula is C25H29FN6O2S. The van der Waals surface area contributed by atoms with Crippen LogP contribution in [0.1, 0.15) is 31.7 Å². The molecule has 1 saturated heterocycles. The number of nitrogens with one attached hydrogen (secondary N) is 2. The lowest BCUT2D eigenvalue weighted by Gasteiger charge is -2.43. The Kier molecular flexibility index (Phi) is 6.10. The molecule has 5 rings (SSSR count). The predicted octanol–water partition coefficient (Wildman–Crippen LogP) is 4.22. The maximum absolute atomic E-state index is 13.3. The van der Waals surface area contributed by atoms with Gasteiger partial charge in [-0.2, -0.15) is 9.40 Å². The summed E-state index contributed by atoms with van der Waals surface area (Å²) in [5, 5.41) is 15.4. The summed E-state index contributed by atoms with van der Waals surface area (Å²) in [5.74, 6) is -0.302. The first-order valence-corrected chi connectivity index (χ1v) is 13.3. The fourth-order valence-corrected chi connectivity index (χ4v) is 6.21. The number of aromatic nitrogens is 2. The quantitative estimate of drug-likeness (QED) is 0.456. The molecule has 1 spiro atoms. The van der Waals surface area contributed by atoms with Gasteiger partial charge >= 0.3 is 0 Å². The molecule has 0 amide bonds. The van der Waals surface area contributed by atoms with Crippen LogP contribution in [0.5, 0.6) is 0 Å². The van der Waals surface area contributed by atoms with Crippen molar-refractivity contribution in [2.24, 2.45) is 0 Å². The van der Waals surface area contributed by atoms with Gasteiger partial charge in [-0.3, -0.25) is 4.68 Å². The molecule has 0 atom stereocenters. The zero-order chi connectivity index (χ0) is 24.6. The molecule has 2 aliphatic rings.